The van der Waals surface area contributed by atoms with Crippen LogP contribution in [0.5, 0.6) is 11.5 Å². The van der Waals surface area contributed by atoms with Crippen molar-refractivity contribution in [2.24, 2.45) is 5.92 Å². The lowest BCUT2D eigenvalue weighted by Gasteiger charge is -2.37. The fourth-order valence-electron chi connectivity index (χ4n) is 4.15. The van der Waals surface area contributed by atoms with Gasteiger partial charge in [-0.3, -0.25) is 4.79 Å². The maximum absolute atomic E-state index is 12.7. The summed E-state index contributed by atoms with van der Waals surface area (Å²) in [4.78, 5) is 25.0. The zero-order valence-corrected chi connectivity index (χ0v) is 20.0. The fraction of sp³-hybridized carbons (Fsp3) is 0.520. The normalized spacial score (nSPS) is 27.6. The number of benzene rings is 1. The molecule has 0 bridgehead atoms. The third kappa shape index (κ3) is 6.97. The van der Waals surface area contributed by atoms with Gasteiger partial charge in [0.15, 0.2) is 17.8 Å². The number of aliphatic hydroxyl groups is 1. The Morgan fingerprint density at radius 2 is 1.97 bits per heavy atom. The Balaban J connectivity index is 1.66. The lowest BCUT2D eigenvalue weighted by molar-refractivity contribution is -0.261. The van der Waals surface area contributed by atoms with Crippen LogP contribution in [0.4, 0.5) is 0 Å². The van der Waals surface area contributed by atoms with Gasteiger partial charge in [0.25, 0.3) is 0 Å². The van der Waals surface area contributed by atoms with Gasteiger partial charge in [-0.05, 0) is 38.0 Å². The topological polar surface area (TPSA) is 141 Å². The Morgan fingerprint density at radius 3 is 2.63 bits per heavy atom. The zero-order valence-electron chi connectivity index (χ0n) is 20.0. The van der Waals surface area contributed by atoms with Crippen molar-refractivity contribution in [3.63, 3.8) is 0 Å². The minimum Gasteiger partial charge on any atom is -0.504 e. The van der Waals surface area contributed by atoms with Crippen LogP contribution >= 0.6 is 0 Å². The molecule has 1 unspecified atom stereocenters. The van der Waals surface area contributed by atoms with E-state index in [2.05, 4.69) is 0 Å². The summed E-state index contributed by atoms with van der Waals surface area (Å²) < 4.78 is 27.6. The van der Waals surface area contributed by atoms with Gasteiger partial charge in [-0.25, -0.2) is 4.79 Å². The van der Waals surface area contributed by atoms with E-state index in [9.17, 15) is 24.9 Å². The first-order chi connectivity index (χ1) is 16.7. The third-order valence-electron chi connectivity index (χ3n) is 5.92. The van der Waals surface area contributed by atoms with Crippen LogP contribution in [0, 0.1) is 5.92 Å². The Morgan fingerprint density at radius 1 is 1.20 bits per heavy atom. The van der Waals surface area contributed by atoms with Crippen LogP contribution in [0.3, 0.4) is 0 Å². The largest absolute Gasteiger partial charge is 0.504 e. The number of hydrogen-bond acceptors (Lipinski definition) is 10. The van der Waals surface area contributed by atoms with Crippen molar-refractivity contribution in [2.45, 2.75) is 64.3 Å². The van der Waals surface area contributed by atoms with Crippen LogP contribution in [0.25, 0.3) is 0 Å². The first-order valence-corrected chi connectivity index (χ1v) is 11.5. The number of ether oxygens (including phenoxy) is 5. The molecular formula is C25H32O10. The molecule has 1 aromatic rings. The van der Waals surface area contributed by atoms with Crippen LogP contribution in [-0.4, -0.2) is 65.8 Å². The van der Waals surface area contributed by atoms with Crippen LogP contribution in [0.1, 0.15) is 38.7 Å². The summed E-state index contributed by atoms with van der Waals surface area (Å²) in [5.74, 6) is -2.38. The Bertz CT molecular complexity index is 959. The van der Waals surface area contributed by atoms with Gasteiger partial charge in [0.05, 0.1) is 44.2 Å². The van der Waals surface area contributed by atoms with E-state index >= 15 is 0 Å². The average molecular weight is 493 g/mol. The van der Waals surface area contributed by atoms with Crippen molar-refractivity contribution >= 4 is 11.9 Å². The van der Waals surface area contributed by atoms with Gasteiger partial charge in [-0.1, -0.05) is 12.1 Å². The maximum atomic E-state index is 12.7. The maximum Gasteiger partial charge on any atom is 0.337 e. The minimum absolute atomic E-state index is 0.0420. The van der Waals surface area contributed by atoms with Crippen molar-refractivity contribution in [3.8, 4) is 11.5 Å². The SMILES string of the molecule is C/C=C1/C(O[C@H]2C[C@@H](O)C[C@@H](C)O2)OC=C(C(=O)OC)[C@H]1CC(=O)OCCc1ccc(O)c(O)c1. The van der Waals surface area contributed by atoms with Crippen molar-refractivity contribution in [1.29, 1.82) is 0 Å². The first-order valence-electron chi connectivity index (χ1n) is 11.5. The van der Waals surface area contributed by atoms with E-state index in [1.165, 1.54) is 25.5 Å². The lowest BCUT2D eigenvalue weighted by Crippen LogP contribution is -2.41. The van der Waals surface area contributed by atoms with Gasteiger partial charge in [0.1, 0.15) is 0 Å². The molecule has 192 valence electrons. The molecule has 35 heavy (non-hydrogen) atoms. The molecule has 3 rings (SSSR count). The lowest BCUT2D eigenvalue weighted by atomic mass is 9.86. The molecule has 0 saturated carbocycles. The highest BCUT2D eigenvalue weighted by molar-refractivity contribution is 5.90. The number of phenols is 2. The molecule has 10 heteroatoms. The molecule has 0 amide bonds. The average Bonchev–Trinajstić information content (AvgIpc) is 2.80. The van der Waals surface area contributed by atoms with Crippen molar-refractivity contribution < 1.29 is 48.6 Å². The second-order valence-electron chi connectivity index (χ2n) is 8.51. The number of esters is 2. The summed E-state index contributed by atoms with van der Waals surface area (Å²) in [6.07, 6.45) is 1.49. The van der Waals surface area contributed by atoms with Crippen molar-refractivity contribution in [3.05, 3.63) is 47.2 Å². The van der Waals surface area contributed by atoms with Gasteiger partial charge in [-0.15, -0.1) is 0 Å². The highest BCUT2D eigenvalue weighted by Crippen LogP contribution is 2.36. The van der Waals surface area contributed by atoms with Crippen LogP contribution in [0.15, 0.2) is 41.7 Å². The number of aliphatic hydroxyl groups excluding tert-OH is 1. The van der Waals surface area contributed by atoms with Gasteiger partial charge >= 0.3 is 11.9 Å². The van der Waals surface area contributed by atoms with E-state index in [1.54, 1.807) is 19.1 Å². The Labute approximate surface area is 203 Å². The summed E-state index contributed by atoms with van der Waals surface area (Å²) in [5, 5.41) is 29.0. The highest BCUT2D eigenvalue weighted by atomic mass is 16.8. The number of aromatic hydroxyl groups is 2. The zero-order chi connectivity index (χ0) is 25.5. The van der Waals surface area contributed by atoms with E-state index in [0.29, 0.717) is 24.0 Å². The molecule has 1 saturated heterocycles. The van der Waals surface area contributed by atoms with E-state index in [0.717, 1.165) is 0 Å². The summed E-state index contributed by atoms with van der Waals surface area (Å²) in [5.41, 5.74) is 1.37. The van der Waals surface area contributed by atoms with E-state index in [-0.39, 0.29) is 42.6 Å². The van der Waals surface area contributed by atoms with E-state index in [1.807, 2.05) is 6.92 Å². The molecule has 10 nitrogen and oxygen atoms in total. The fourth-order valence-corrected chi connectivity index (χ4v) is 4.15. The summed E-state index contributed by atoms with van der Waals surface area (Å²) in [6.45, 7) is 3.62. The molecule has 5 atom stereocenters. The monoisotopic (exact) mass is 492 g/mol. The predicted molar refractivity (Wildman–Crippen MR) is 122 cm³/mol. The quantitative estimate of drug-likeness (QED) is 0.281. The minimum atomic E-state index is -0.923. The molecular weight excluding hydrogens is 460 g/mol. The number of phenolic OH excluding ortho intramolecular Hbond substituents is 2. The molecule has 3 N–H and O–H groups in total. The van der Waals surface area contributed by atoms with Gasteiger partial charge in [0, 0.05) is 24.3 Å². The summed E-state index contributed by atoms with van der Waals surface area (Å²) in [6, 6.07) is 4.37. The number of carbonyl (C=O) groups is 2. The molecule has 1 fully saturated rings. The molecule has 0 spiro atoms. The molecule has 0 aromatic heterocycles. The highest BCUT2D eigenvalue weighted by Gasteiger charge is 2.39. The second-order valence-corrected chi connectivity index (χ2v) is 8.51. The van der Waals surface area contributed by atoms with E-state index < -0.39 is 36.5 Å². The molecule has 2 aliphatic rings. The van der Waals surface area contributed by atoms with Crippen molar-refractivity contribution in [1.82, 2.24) is 0 Å². The number of hydrogen-bond donors (Lipinski definition) is 3. The van der Waals surface area contributed by atoms with Crippen molar-refractivity contribution in [2.75, 3.05) is 13.7 Å². The molecule has 2 aliphatic heterocycles. The number of methoxy groups -OCH3 is 1. The smallest absolute Gasteiger partial charge is 0.337 e. The van der Waals surface area contributed by atoms with Gasteiger partial charge < -0.3 is 39.0 Å². The van der Waals surface area contributed by atoms with Gasteiger partial charge in [-0.2, -0.15) is 0 Å². The van der Waals surface area contributed by atoms with E-state index in [4.69, 9.17) is 23.7 Å². The molecule has 0 radical (unpaired) electrons. The molecule has 0 aliphatic carbocycles. The molecule has 1 aromatic carbocycles. The number of carbonyl (C=O) groups excluding carboxylic acids is 2. The molecule has 2 heterocycles. The number of rotatable bonds is 8. The second kappa shape index (κ2) is 12.1. The Hall–Kier alpha value is -3.08. The van der Waals surface area contributed by atoms with Crippen LogP contribution in [0.2, 0.25) is 0 Å². The van der Waals surface area contributed by atoms with Crippen LogP contribution in [-0.2, 0) is 39.7 Å². The van der Waals surface area contributed by atoms with Crippen LogP contribution < -0.4 is 0 Å². The summed E-state index contributed by atoms with van der Waals surface area (Å²) >= 11 is 0. The predicted octanol–water partition coefficient (Wildman–Crippen LogP) is 2.45. The number of allylic oxidation sites excluding steroid dienone is 1. The summed E-state index contributed by atoms with van der Waals surface area (Å²) in [7, 11) is 1.24. The van der Waals surface area contributed by atoms with Gasteiger partial charge in [0.2, 0.25) is 6.29 Å². The third-order valence-corrected chi connectivity index (χ3v) is 5.92. The first kappa shape index (κ1) is 26.5. The standard InChI is InChI=1S/C25H32O10/c1-4-17-18(12-22(29)32-8-7-15-5-6-20(27)21(28)10-15)19(24(30)31-3)13-33-25(17)35-23-11-16(26)9-14(2)34-23/h4-6,10,13-14,16,18,23,25-28H,7-9,11-12H2,1-3H3/b17-4+/t14-,16+,18+,23+,25?/m1/s1. The Kier molecular flexibility index (Phi) is 9.13.